The molecule has 3 rings (SSSR count). The molecule has 0 fully saturated rings. The van der Waals surface area contributed by atoms with E-state index in [-0.39, 0.29) is 0 Å². The van der Waals surface area contributed by atoms with Gasteiger partial charge in [-0.05, 0) is 25.1 Å². The minimum atomic E-state index is 0.634. The number of imidazole rings is 1. The van der Waals surface area contributed by atoms with Gasteiger partial charge in [-0.15, -0.1) is 0 Å². The second kappa shape index (κ2) is 4.10. The zero-order valence-corrected chi connectivity index (χ0v) is 10.0. The first-order valence-electron chi connectivity index (χ1n) is 5.81. The maximum absolute atomic E-state index is 5.77. The van der Waals surface area contributed by atoms with E-state index in [9.17, 15) is 0 Å². The van der Waals surface area contributed by atoms with E-state index >= 15 is 0 Å². The SMILES string of the molecule is CCn1c(-c2cncc(N)c2)nc2cccnc21. The smallest absolute Gasteiger partial charge is 0.160 e. The number of nitrogens with zero attached hydrogens (tertiary/aromatic N) is 4. The number of rotatable bonds is 2. The van der Waals surface area contributed by atoms with Crippen molar-refractivity contribution in [1.82, 2.24) is 19.5 Å². The molecular formula is C13H13N5. The van der Waals surface area contributed by atoms with Gasteiger partial charge in [-0.25, -0.2) is 9.97 Å². The number of aromatic nitrogens is 4. The van der Waals surface area contributed by atoms with Crippen molar-refractivity contribution >= 4 is 16.9 Å². The second-order valence-electron chi connectivity index (χ2n) is 4.03. The standard InChI is InChI=1S/C13H13N5/c1-2-18-12(9-6-10(14)8-15-7-9)17-11-4-3-5-16-13(11)18/h3-8H,2,14H2,1H3. The normalized spacial score (nSPS) is 10.9. The number of hydrogen-bond donors (Lipinski definition) is 1. The molecule has 18 heavy (non-hydrogen) atoms. The summed E-state index contributed by atoms with van der Waals surface area (Å²) in [5, 5.41) is 0. The second-order valence-corrected chi connectivity index (χ2v) is 4.03. The lowest BCUT2D eigenvalue weighted by atomic mass is 10.2. The van der Waals surface area contributed by atoms with E-state index in [2.05, 4.69) is 26.4 Å². The monoisotopic (exact) mass is 239 g/mol. The summed E-state index contributed by atoms with van der Waals surface area (Å²) in [6.07, 6.45) is 5.17. The van der Waals surface area contributed by atoms with Crippen molar-refractivity contribution < 1.29 is 0 Å². The van der Waals surface area contributed by atoms with Crippen LogP contribution in [0.3, 0.4) is 0 Å². The summed E-state index contributed by atoms with van der Waals surface area (Å²) in [4.78, 5) is 13.1. The highest BCUT2D eigenvalue weighted by Crippen LogP contribution is 2.23. The summed E-state index contributed by atoms with van der Waals surface area (Å²) < 4.78 is 2.06. The Kier molecular flexibility index (Phi) is 2.44. The fourth-order valence-electron chi connectivity index (χ4n) is 2.06. The molecule has 5 heteroatoms. The van der Waals surface area contributed by atoms with Crippen LogP contribution in [-0.2, 0) is 6.54 Å². The highest BCUT2D eigenvalue weighted by molar-refractivity contribution is 5.77. The van der Waals surface area contributed by atoms with Gasteiger partial charge < -0.3 is 10.3 Å². The van der Waals surface area contributed by atoms with Crippen molar-refractivity contribution in [2.45, 2.75) is 13.5 Å². The molecule has 0 saturated heterocycles. The van der Waals surface area contributed by atoms with Gasteiger partial charge in [0.15, 0.2) is 5.65 Å². The van der Waals surface area contributed by atoms with Gasteiger partial charge in [0.25, 0.3) is 0 Å². The Balaban J connectivity index is 2.28. The first-order valence-corrected chi connectivity index (χ1v) is 5.81. The topological polar surface area (TPSA) is 69.6 Å². The fraction of sp³-hybridized carbons (Fsp3) is 0.154. The van der Waals surface area contributed by atoms with Crippen LogP contribution in [0.25, 0.3) is 22.6 Å². The lowest BCUT2D eigenvalue weighted by Gasteiger charge is -2.05. The van der Waals surface area contributed by atoms with Crippen LogP contribution in [0.2, 0.25) is 0 Å². The lowest BCUT2D eigenvalue weighted by Crippen LogP contribution is -1.99. The van der Waals surface area contributed by atoms with Crippen LogP contribution in [0.1, 0.15) is 6.92 Å². The zero-order chi connectivity index (χ0) is 12.5. The first-order chi connectivity index (χ1) is 8.79. The Labute approximate surface area is 104 Å². The molecule has 0 aliphatic rings. The largest absolute Gasteiger partial charge is 0.397 e. The number of pyridine rings is 2. The highest BCUT2D eigenvalue weighted by atomic mass is 15.1. The molecular weight excluding hydrogens is 226 g/mol. The molecule has 3 aromatic rings. The third-order valence-electron chi connectivity index (χ3n) is 2.84. The molecule has 0 unspecified atom stereocenters. The van der Waals surface area contributed by atoms with Crippen molar-refractivity contribution in [3.63, 3.8) is 0 Å². The van der Waals surface area contributed by atoms with Gasteiger partial charge in [0, 0.05) is 30.7 Å². The highest BCUT2D eigenvalue weighted by Gasteiger charge is 2.12. The number of fused-ring (bicyclic) bond motifs is 1. The molecule has 0 aliphatic heterocycles. The van der Waals surface area contributed by atoms with Crippen molar-refractivity contribution in [2.75, 3.05) is 5.73 Å². The number of nitrogen functional groups attached to an aromatic ring is 1. The summed E-state index contributed by atoms with van der Waals surface area (Å²) in [6.45, 7) is 2.87. The molecule has 0 radical (unpaired) electrons. The summed E-state index contributed by atoms with van der Waals surface area (Å²) >= 11 is 0. The van der Waals surface area contributed by atoms with Gasteiger partial charge >= 0.3 is 0 Å². The maximum atomic E-state index is 5.77. The predicted molar refractivity (Wildman–Crippen MR) is 70.8 cm³/mol. The number of hydrogen-bond acceptors (Lipinski definition) is 4. The zero-order valence-electron chi connectivity index (χ0n) is 10.0. The molecule has 0 spiro atoms. The van der Waals surface area contributed by atoms with Crippen LogP contribution < -0.4 is 5.73 Å². The molecule has 0 amide bonds. The quantitative estimate of drug-likeness (QED) is 0.743. The van der Waals surface area contributed by atoms with Gasteiger partial charge in [-0.3, -0.25) is 4.98 Å². The van der Waals surface area contributed by atoms with E-state index in [1.165, 1.54) is 0 Å². The van der Waals surface area contributed by atoms with Gasteiger partial charge in [0.1, 0.15) is 11.3 Å². The van der Waals surface area contributed by atoms with Crippen molar-refractivity contribution in [3.8, 4) is 11.4 Å². The molecule has 3 aromatic heterocycles. The maximum Gasteiger partial charge on any atom is 0.160 e. The molecule has 90 valence electrons. The lowest BCUT2D eigenvalue weighted by molar-refractivity contribution is 0.787. The minimum absolute atomic E-state index is 0.634. The van der Waals surface area contributed by atoms with Crippen LogP contribution in [0.15, 0.2) is 36.8 Å². The first kappa shape index (κ1) is 10.7. The Bertz CT molecular complexity index is 701. The third-order valence-corrected chi connectivity index (χ3v) is 2.84. The van der Waals surface area contributed by atoms with Gasteiger partial charge in [0.2, 0.25) is 0 Å². The Morgan fingerprint density at radius 2 is 2.22 bits per heavy atom. The van der Waals surface area contributed by atoms with E-state index in [1.807, 2.05) is 18.2 Å². The van der Waals surface area contributed by atoms with Crippen molar-refractivity contribution in [1.29, 1.82) is 0 Å². The van der Waals surface area contributed by atoms with E-state index in [0.717, 1.165) is 29.1 Å². The average molecular weight is 239 g/mol. The van der Waals surface area contributed by atoms with Crippen LogP contribution >= 0.6 is 0 Å². The Morgan fingerprint density at radius 3 is 3.00 bits per heavy atom. The number of nitrogens with two attached hydrogens (primary N) is 1. The van der Waals surface area contributed by atoms with Gasteiger partial charge in [-0.1, -0.05) is 0 Å². The molecule has 0 aromatic carbocycles. The summed E-state index contributed by atoms with van der Waals surface area (Å²) in [6, 6.07) is 5.72. The molecule has 0 saturated carbocycles. The van der Waals surface area contributed by atoms with Crippen LogP contribution in [0, 0.1) is 0 Å². The minimum Gasteiger partial charge on any atom is -0.397 e. The fourth-order valence-corrected chi connectivity index (χ4v) is 2.06. The summed E-state index contributed by atoms with van der Waals surface area (Å²) in [5.74, 6) is 0.853. The number of aryl methyl sites for hydroxylation is 1. The van der Waals surface area contributed by atoms with E-state index in [4.69, 9.17) is 5.73 Å². The van der Waals surface area contributed by atoms with Crippen LogP contribution in [-0.4, -0.2) is 19.5 Å². The predicted octanol–water partition coefficient (Wildman–Crippen LogP) is 2.10. The van der Waals surface area contributed by atoms with E-state index in [0.29, 0.717) is 5.69 Å². The molecule has 0 atom stereocenters. The summed E-state index contributed by atoms with van der Waals surface area (Å²) in [5.41, 5.74) is 9.09. The molecule has 0 bridgehead atoms. The van der Waals surface area contributed by atoms with Gasteiger partial charge in [-0.2, -0.15) is 0 Å². The van der Waals surface area contributed by atoms with Crippen LogP contribution in [0.4, 0.5) is 5.69 Å². The summed E-state index contributed by atoms with van der Waals surface area (Å²) in [7, 11) is 0. The van der Waals surface area contributed by atoms with Crippen molar-refractivity contribution in [3.05, 3.63) is 36.8 Å². The van der Waals surface area contributed by atoms with Gasteiger partial charge in [0.05, 0.1) is 5.69 Å². The average Bonchev–Trinajstić information content (AvgIpc) is 2.77. The van der Waals surface area contributed by atoms with Crippen LogP contribution in [0.5, 0.6) is 0 Å². The molecule has 0 aliphatic carbocycles. The molecule has 2 N–H and O–H groups in total. The van der Waals surface area contributed by atoms with Crippen molar-refractivity contribution in [2.24, 2.45) is 0 Å². The van der Waals surface area contributed by atoms with E-state index < -0.39 is 0 Å². The third kappa shape index (κ3) is 1.60. The molecule has 5 nitrogen and oxygen atoms in total. The Hall–Kier alpha value is -2.43. The Morgan fingerprint density at radius 1 is 1.33 bits per heavy atom. The van der Waals surface area contributed by atoms with E-state index in [1.54, 1.807) is 18.6 Å². The molecule has 3 heterocycles. The number of anilines is 1.